The second kappa shape index (κ2) is 3.89. The van der Waals surface area contributed by atoms with Gasteiger partial charge in [0.2, 0.25) is 0 Å². The van der Waals surface area contributed by atoms with Gasteiger partial charge < -0.3 is 5.73 Å². The van der Waals surface area contributed by atoms with Crippen LogP contribution in [0.2, 0.25) is 0 Å². The Bertz CT molecular complexity index is 372. The fourth-order valence-corrected chi connectivity index (χ4v) is 2.84. The van der Waals surface area contributed by atoms with E-state index in [0.717, 1.165) is 6.42 Å². The minimum Gasteiger partial charge on any atom is -0.327 e. The maximum atomic E-state index is 6.29. The summed E-state index contributed by atoms with van der Waals surface area (Å²) in [6.45, 7) is 8.95. The molecule has 0 heterocycles. The third-order valence-electron chi connectivity index (χ3n) is 3.86. The fraction of sp³-hybridized carbons (Fsp3) is 0.600. The Labute approximate surface area is 99.0 Å². The van der Waals surface area contributed by atoms with Crippen molar-refractivity contribution in [2.45, 2.75) is 46.6 Å². The van der Waals surface area contributed by atoms with Crippen molar-refractivity contribution in [1.82, 2.24) is 0 Å². The number of hydrogen-bond donors (Lipinski definition) is 1. The highest BCUT2D eigenvalue weighted by Gasteiger charge is 2.48. The van der Waals surface area contributed by atoms with E-state index in [1.54, 1.807) is 0 Å². The molecule has 1 saturated carbocycles. The van der Waals surface area contributed by atoms with Crippen LogP contribution in [-0.4, -0.2) is 6.04 Å². The first-order valence-electron chi connectivity index (χ1n) is 6.21. The summed E-state index contributed by atoms with van der Waals surface area (Å²) >= 11 is 0. The fourth-order valence-electron chi connectivity index (χ4n) is 2.84. The third-order valence-corrected chi connectivity index (χ3v) is 3.86. The number of aryl methyl sites for hydroxylation is 2. The molecular formula is C15H23N. The monoisotopic (exact) mass is 217 g/mol. The number of rotatable bonds is 3. The summed E-state index contributed by atoms with van der Waals surface area (Å²) in [6, 6.07) is 7.08. The van der Waals surface area contributed by atoms with Gasteiger partial charge in [-0.15, -0.1) is 0 Å². The molecule has 1 aliphatic rings. The van der Waals surface area contributed by atoms with Crippen LogP contribution >= 0.6 is 0 Å². The van der Waals surface area contributed by atoms with Gasteiger partial charge in [0.25, 0.3) is 0 Å². The van der Waals surface area contributed by atoms with Crippen LogP contribution in [0.3, 0.4) is 0 Å². The average molecular weight is 217 g/mol. The lowest BCUT2D eigenvalue weighted by molar-refractivity contribution is 0.476. The predicted octanol–water partition coefficient (Wildman–Crippen LogP) is 3.22. The van der Waals surface area contributed by atoms with Crippen molar-refractivity contribution in [2.24, 2.45) is 17.1 Å². The second-order valence-electron chi connectivity index (χ2n) is 6.16. The van der Waals surface area contributed by atoms with E-state index >= 15 is 0 Å². The molecular weight excluding hydrogens is 194 g/mol. The SMILES string of the molecule is Cc1cc(C)cc(CC(N)C2CC2(C)C)c1. The van der Waals surface area contributed by atoms with E-state index in [9.17, 15) is 0 Å². The van der Waals surface area contributed by atoms with Gasteiger partial charge in [0.05, 0.1) is 0 Å². The number of nitrogens with two attached hydrogens (primary N) is 1. The summed E-state index contributed by atoms with van der Waals surface area (Å²) in [5.41, 5.74) is 10.9. The maximum Gasteiger partial charge on any atom is 0.0113 e. The summed E-state index contributed by atoms with van der Waals surface area (Å²) in [7, 11) is 0. The Morgan fingerprint density at radius 3 is 2.19 bits per heavy atom. The molecule has 0 aromatic heterocycles. The van der Waals surface area contributed by atoms with Gasteiger partial charge in [0.15, 0.2) is 0 Å². The van der Waals surface area contributed by atoms with Gasteiger partial charge >= 0.3 is 0 Å². The van der Waals surface area contributed by atoms with Gasteiger partial charge in [-0.1, -0.05) is 43.2 Å². The molecule has 1 aromatic rings. The first-order chi connectivity index (χ1) is 7.38. The van der Waals surface area contributed by atoms with Gasteiger partial charge in [-0.2, -0.15) is 0 Å². The summed E-state index contributed by atoms with van der Waals surface area (Å²) in [5, 5.41) is 0. The van der Waals surface area contributed by atoms with Crippen LogP contribution in [0.4, 0.5) is 0 Å². The average Bonchev–Trinajstić information content (AvgIpc) is 2.73. The molecule has 1 aliphatic carbocycles. The lowest BCUT2D eigenvalue weighted by Gasteiger charge is -2.14. The molecule has 0 amide bonds. The van der Waals surface area contributed by atoms with Crippen LogP contribution in [-0.2, 0) is 6.42 Å². The molecule has 0 spiro atoms. The summed E-state index contributed by atoms with van der Waals surface area (Å²) in [5.74, 6) is 0.716. The van der Waals surface area contributed by atoms with E-state index in [-0.39, 0.29) is 0 Å². The Balaban J connectivity index is 2.04. The quantitative estimate of drug-likeness (QED) is 0.826. The summed E-state index contributed by atoms with van der Waals surface area (Å²) < 4.78 is 0. The largest absolute Gasteiger partial charge is 0.327 e. The van der Waals surface area contributed by atoms with Crippen LogP contribution in [0, 0.1) is 25.2 Å². The van der Waals surface area contributed by atoms with Crippen LogP contribution in [0.5, 0.6) is 0 Å². The van der Waals surface area contributed by atoms with Crippen molar-refractivity contribution in [1.29, 1.82) is 0 Å². The highest BCUT2D eigenvalue weighted by atomic mass is 14.7. The molecule has 2 atom stereocenters. The third kappa shape index (κ3) is 2.46. The van der Waals surface area contributed by atoms with Gasteiger partial charge in [-0.3, -0.25) is 0 Å². The van der Waals surface area contributed by atoms with E-state index in [1.807, 2.05) is 0 Å². The molecule has 2 N–H and O–H groups in total. The molecule has 0 bridgehead atoms. The zero-order valence-corrected chi connectivity index (χ0v) is 10.9. The van der Waals surface area contributed by atoms with Gasteiger partial charge in [0, 0.05) is 6.04 Å². The zero-order chi connectivity index (χ0) is 11.9. The highest BCUT2D eigenvalue weighted by molar-refractivity contribution is 5.29. The van der Waals surface area contributed by atoms with Crippen LogP contribution in [0.25, 0.3) is 0 Å². The summed E-state index contributed by atoms with van der Waals surface area (Å²) in [6.07, 6.45) is 2.32. The van der Waals surface area contributed by atoms with Gasteiger partial charge in [-0.05, 0) is 43.6 Å². The van der Waals surface area contributed by atoms with E-state index in [0.29, 0.717) is 17.4 Å². The van der Waals surface area contributed by atoms with Crippen LogP contribution in [0.15, 0.2) is 18.2 Å². The second-order valence-corrected chi connectivity index (χ2v) is 6.16. The highest BCUT2D eigenvalue weighted by Crippen LogP contribution is 2.53. The van der Waals surface area contributed by atoms with E-state index in [2.05, 4.69) is 45.9 Å². The summed E-state index contributed by atoms with van der Waals surface area (Å²) in [4.78, 5) is 0. The van der Waals surface area contributed by atoms with Gasteiger partial charge in [0.1, 0.15) is 0 Å². The van der Waals surface area contributed by atoms with Crippen LogP contribution < -0.4 is 5.73 Å². The standard InChI is InChI=1S/C15H23N/c1-10-5-11(2)7-12(6-10)8-14(16)13-9-15(13,3)4/h5-7,13-14H,8-9,16H2,1-4H3. The molecule has 1 aromatic carbocycles. The molecule has 2 rings (SSSR count). The lowest BCUT2D eigenvalue weighted by Crippen LogP contribution is -2.27. The number of benzene rings is 1. The zero-order valence-electron chi connectivity index (χ0n) is 10.9. The van der Waals surface area contributed by atoms with Crippen molar-refractivity contribution in [3.63, 3.8) is 0 Å². The molecule has 1 fully saturated rings. The predicted molar refractivity (Wildman–Crippen MR) is 69.5 cm³/mol. The minimum absolute atomic E-state index is 0.330. The molecule has 0 saturated heterocycles. The van der Waals surface area contributed by atoms with E-state index in [4.69, 9.17) is 5.73 Å². The Morgan fingerprint density at radius 2 is 1.75 bits per heavy atom. The Morgan fingerprint density at radius 1 is 1.25 bits per heavy atom. The van der Waals surface area contributed by atoms with E-state index < -0.39 is 0 Å². The van der Waals surface area contributed by atoms with Crippen molar-refractivity contribution in [3.05, 3.63) is 34.9 Å². The number of hydrogen-bond acceptors (Lipinski definition) is 1. The molecule has 1 heteroatoms. The van der Waals surface area contributed by atoms with Crippen molar-refractivity contribution >= 4 is 0 Å². The maximum absolute atomic E-state index is 6.29. The molecule has 1 nitrogen and oxygen atoms in total. The minimum atomic E-state index is 0.330. The first-order valence-corrected chi connectivity index (χ1v) is 6.21. The van der Waals surface area contributed by atoms with Gasteiger partial charge in [-0.25, -0.2) is 0 Å². The smallest absolute Gasteiger partial charge is 0.0113 e. The van der Waals surface area contributed by atoms with Crippen LogP contribution in [0.1, 0.15) is 37.0 Å². The first kappa shape index (κ1) is 11.7. The topological polar surface area (TPSA) is 26.0 Å². The molecule has 0 aliphatic heterocycles. The van der Waals surface area contributed by atoms with Crippen molar-refractivity contribution < 1.29 is 0 Å². The molecule has 16 heavy (non-hydrogen) atoms. The molecule has 88 valence electrons. The van der Waals surface area contributed by atoms with E-state index in [1.165, 1.54) is 23.1 Å². The molecule has 0 radical (unpaired) electrons. The van der Waals surface area contributed by atoms with Crippen molar-refractivity contribution in [3.8, 4) is 0 Å². The Hall–Kier alpha value is -0.820. The Kier molecular flexibility index (Phi) is 2.83. The normalized spacial score (nSPS) is 24.2. The molecule has 2 unspecified atom stereocenters. The van der Waals surface area contributed by atoms with Crippen molar-refractivity contribution in [2.75, 3.05) is 0 Å². The lowest BCUT2D eigenvalue weighted by atomic mass is 9.96.